The van der Waals surface area contributed by atoms with Crippen molar-refractivity contribution in [2.75, 3.05) is 13.0 Å². The lowest BCUT2D eigenvalue weighted by atomic mass is 10.0. The fourth-order valence-corrected chi connectivity index (χ4v) is 1.33. The van der Waals surface area contributed by atoms with Crippen molar-refractivity contribution in [3.8, 4) is 5.75 Å². The third kappa shape index (κ3) is 3.27. The SMILES string of the molecule is COc1ccc(CC(C)CCl)cc1. The van der Waals surface area contributed by atoms with Gasteiger partial charge in [0.15, 0.2) is 0 Å². The second kappa shape index (κ2) is 5.13. The topological polar surface area (TPSA) is 9.23 Å². The maximum absolute atomic E-state index is 5.74. The number of alkyl halides is 1. The lowest BCUT2D eigenvalue weighted by molar-refractivity contribution is 0.414. The quantitative estimate of drug-likeness (QED) is 0.676. The van der Waals surface area contributed by atoms with Crippen LogP contribution in [-0.2, 0) is 6.42 Å². The minimum absolute atomic E-state index is 0.537. The Morgan fingerprint density at radius 1 is 1.31 bits per heavy atom. The Hall–Kier alpha value is -0.690. The first kappa shape index (κ1) is 10.4. The van der Waals surface area contributed by atoms with E-state index in [0.717, 1.165) is 12.2 Å². The molecule has 0 amide bonds. The second-order valence-corrected chi connectivity index (χ2v) is 3.62. The molecule has 0 radical (unpaired) electrons. The largest absolute Gasteiger partial charge is 0.497 e. The molecule has 0 aliphatic heterocycles. The molecule has 72 valence electrons. The summed E-state index contributed by atoms with van der Waals surface area (Å²) in [5, 5.41) is 0. The Bertz CT molecular complexity index is 243. The van der Waals surface area contributed by atoms with E-state index in [1.807, 2.05) is 12.1 Å². The number of hydrogen-bond donors (Lipinski definition) is 0. The first-order chi connectivity index (χ1) is 6.26. The molecular weight excluding hydrogens is 184 g/mol. The van der Waals surface area contributed by atoms with Gasteiger partial charge in [-0.1, -0.05) is 19.1 Å². The van der Waals surface area contributed by atoms with Crippen LogP contribution < -0.4 is 4.74 Å². The second-order valence-electron chi connectivity index (χ2n) is 3.31. The summed E-state index contributed by atoms with van der Waals surface area (Å²) in [6.45, 7) is 2.15. The van der Waals surface area contributed by atoms with Gasteiger partial charge in [-0.2, -0.15) is 0 Å². The van der Waals surface area contributed by atoms with Gasteiger partial charge in [-0.3, -0.25) is 0 Å². The molecule has 1 rings (SSSR count). The minimum Gasteiger partial charge on any atom is -0.497 e. The third-order valence-corrected chi connectivity index (χ3v) is 2.53. The summed E-state index contributed by atoms with van der Waals surface area (Å²) in [5.74, 6) is 2.16. The molecule has 1 nitrogen and oxygen atoms in total. The van der Waals surface area contributed by atoms with Crippen LogP contribution in [-0.4, -0.2) is 13.0 Å². The van der Waals surface area contributed by atoms with Crippen molar-refractivity contribution >= 4 is 11.6 Å². The zero-order chi connectivity index (χ0) is 9.68. The molecule has 0 aliphatic carbocycles. The van der Waals surface area contributed by atoms with Crippen molar-refractivity contribution in [3.63, 3.8) is 0 Å². The van der Waals surface area contributed by atoms with E-state index in [4.69, 9.17) is 16.3 Å². The molecule has 0 heterocycles. The van der Waals surface area contributed by atoms with Crippen LogP contribution in [0.15, 0.2) is 24.3 Å². The summed E-state index contributed by atoms with van der Waals surface area (Å²) in [7, 11) is 1.68. The Balaban J connectivity index is 2.58. The first-order valence-corrected chi connectivity index (χ1v) is 4.98. The molecule has 0 fully saturated rings. The summed E-state index contributed by atoms with van der Waals surface area (Å²) in [5.41, 5.74) is 1.31. The number of halogens is 1. The Labute approximate surface area is 84.7 Å². The average molecular weight is 199 g/mol. The van der Waals surface area contributed by atoms with E-state index in [2.05, 4.69) is 19.1 Å². The molecule has 1 unspecified atom stereocenters. The highest BCUT2D eigenvalue weighted by Gasteiger charge is 2.01. The van der Waals surface area contributed by atoms with Gasteiger partial charge < -0.3 is 4.74 Å². The molecule has 1 atom stereocenters. The summed E-state index contributed by atoms with van der Waals surface area (Å²) in [6, 6.07) is 8.14. The maximum atomic E-state index is 5.74. The molecule has 2 heteroatoms. The van der Waals surface area contributed by atoms with Crippen molar-refractivity contribution in [2.45, 2.75) is 13.3 Å². The van der Waals surface area contributed by atoms with Gasteiger partial charge in [0, 0.05) is 5.88 Å². The zero-order valence-electron chi connectivity index (χ0n) is 8.09. The molecule has 0 saturated heterocycles. The standard InChI is InChI=1S/C11H15ClO/c1-9(8-12)7-10-3-5-11(13-2)6-4-10/h3-6,9H,7-8H2,1-2H3. The Kier molecular flexibility index (Phi) is 4.10. The van der Waals surface area contributed by atoms with Crippen molar-refractivity contribution in [1.29, 1.82) is 0 Å². The summed E-state index contributed by atoms with van der Waals surface area (Å²) < 4.78 is 5.07. The number of hydrogen-bond acceptors (Lipinski definition) is 1. The number of benzene rings is 1. The number of ether oxygens (including phenoxy) is 1. The van der Waals surface area contributed by atoms with Crippen molar-refractivity contribution in [3.05, 3.63) is 29.8 Å². The van der Waals surface area contributed by atoms with E-state index < -0.39 is 0 Å². The third-order valence-electron chi connectivity index (χ3n) is 2.01. The smallest absolute Gasteiger partial charge is 0.118 e. The van der Waals surface area contributed by atoms with E-state index in [9.17, 15) is 0 Å². The Morgan fingerprint density at radius 3 is 2.38 bits per heavy atom. The fourth-order valence-electron chi connectivity index (χ4n) is 1.22. The van der Waals surface area contributed by atoms with E-state index in [-0.39, 0.29) is 0 Å². The molecule has 0 spiro atoms. The molecule has 0 N–H and O–H groups in total. The van der Waals surface area contributed by atoms with Gasteiger partial charge in [0.2, 0.25) is 0 Å². The van der Waals surface area contributed by atoms with E-state index >= 15 is 0 Å². The van der Waals surface area contributed by atoms with Crippen LogP contribution in [0.3, 0.4) is 0 Å². The zero-order valence-corrected chi connectivity index (χ0v) is 8.84. The normalized spacial score (nSPS) is 12.5. The van der Waals surface area contributed by atoms with Crippen LogP contribution in [0.4, 0.5) is 0 Å². The van der Waals surface area contributed by atoms with Gasteiger partial charge in [0.05, 0.1) is 7.11 Å². The monoisotopic (exact) mass is 198 g/mol. The van der Waals surface area contributed by atoms with Crippen molar-refractivity contribution in [1.82, 2.24) is 0 Å². The van der Waals surface area contributed by atoms with Crippen molar-refractivity contribution in [2.24, 2.45) is 5.92 Å². The molecule has 13 heavy (non-hydrogen) atoms. The van der Waals surface area contributed by atoms with E-state index in [1.54, 1.807) is 7.11 Å². The predicted octanol–water partition coefficient (Wildman–Crippen LogP) is 3.11. The molecule has 0 bridgehead atoms. The number of rotatable bonds is 4. The highest BCUT2D eigenvalue weighted by molar-refractivity contribution is 6.18. The highest BCUT2D eigenvalue weighted by atomic mass is 35.5. The van der Waals surface area contributed by atoms with Crippen molar-refractivity contribution < 1.29 is 4.74 Å². The van der Waals surface area contributed by atoms with Crippen LogP contribution in [0.5, 0.6) is 5.75 Å². The molecule has 1 aromatic rings. The van der Waals surface area contributed by atoms with Gasteiger partial charge in [-0.15, -0.1) is 11.6 Å². The van der Waals surface area contributed by atoms with Crippen LogP contribution in [0, 0.1) is 5.92 Å². The molecule has 1 aromatic carbocycles. The van der Waals surface area contributed by atoms with Crippen LogP contribution >= 0.6 is 11.6 Å². The molecule has 0 saturated carbocycles. The molecule has 0 aliphatic rings. The van der Waals surface area contributed by atoms with Crippen LogP contribution in [0.25, 0.3) is 0 Å². The van der Waals surface area contributed by atoms with Crippen LogP contribution in [0.2, 0.25) is 0 Å². The van der Waals surface area contributed by atoms with Gasteiger partial charge in [0.25, 0.3) is 0 Å². The predicted molar refractivity (Wildman–Crippen MR) is 56.6 cm³/mol. The van der Waals surface area contributed by atoms with Gasteiger partial charge in [0.1, 0.15) is 5.75 Å². The average Bonchev–Trinajstić information content (AvgIpc) is 2.19. The Morgan fingerprint density at radius 2 is 1.92 bits per heavy atom. The lowest BCUT2D eigenvalue weighted by Crippen LogP contribution is -2.00. The van der Waals surface area contributed by atoms with Crippen LogP contribution in [0.1, 0.15) is 12.5 Å². The van der Waals surface area contributed by atoms with Gasteiger partial charge >= 0.3 is 0 Å². The summed E-state index contributed by atoms with van der Waals surface area (Å²) in [4.78, 5) is 0. The lowest BCUT2D eigenvalue weighted by Gasteiger charge is -2.07. The van der Waals surface area contributed by atoms with Gasteiger partial charge in [-0.05, 0) is 30.0 Å². The summed E-state index contributed by atoms with van der Waals surface area (Å²) in [6.07, 6.45) is 1.04. The maximum Gasteiger partial charge on any atom is 0.118 e. The molecule has 0 aromatic heterocycles. The van der Waals surface area contributed by atoms with Gasteiger partial charge in [-0.25, -0.2) is 0 Å². The fraction of sp³-hybridized carbons (Fsp3) is 0.455. The van der Waals surface area contributed by atoms with E-state index in [1.165, 1.54) is 5.56 Å². The van der Waals surface area contributed by atoms with E-state index in [0.29, 0.717) is 11.8 Å². The molecular formula is C11H15ClO. The highest BCUT2D eigenvalue weighted by Crippen LogP contribution is 2.14. The first-order valence-electron chi connectivity index (χ1n) is 4.45. The minimum atomic E-state index is 0.537. The number of methoxy groups -OCH3 is 1. The summed E-state index contributed by atoms with van der Waals surface area (Å²) >= 11 is 5.74.